The third kappa shape index (κ3) is 2.23. The predicted molar refractivity (Wildman–Crippen MR) is 89.0 cm³/mol. The van der Waals surface area contributed by atoms with Crippen LogP contribution in [-0.2, 0) is 0 Å². The van der Waals surface area contributed by atoms with Gasteiger partial charge in [-0.15, -0.1) is 0 Å². The number of aliphatic hydroxyl groups is 1. The molecule has 3 rings (SSSR count). The van der Waals surface area contributed by atoms with Gasteiger partial charge in [-0.2, -0.15) is 0 Å². The molecule has 0 aromatic carbocycles. The summed E-state index contributed by atoms with van der Waals surface area (Å²) in [5, 5.41) is 9.91. The maximum atomic E-state index is 9.91. The molecule has 0 spiro atoms. The molecule has 0 bridgehead atoms. The van der Waals surface area contributed by atoms with Crippen molar-refractivity contribution in [2.75, 3.05) is 6.61 Å². The first-order valence-electron chi connectivity index (χ1n) is 8.89. The summed E-state index contributed by atoms with van der Waals surface area (Å²) >= 11 is 0. The topological polar surface area (TPSA) is 20.2 Å². The van der Waals surface area contributed by atoms with Crippen LogP contribution in [0, 0.1) is 28.6 Å². The maximum absolute atomic E-state index is 9.91. The number of rotatable bonds is 2. The van der Waals surface area contributed by atoms with Crippen LogP contribution in [0.5, 0.6) is 0 Å². The lowest BCUT2D eigenvalue weighted by Crippen LogP contribution is -2.52. The number of allylic oxidation sites excluding steroid dienone is 2. The zero-order valence-corrected chi connectivity index (χ0v) is 14.1. The average molecular weight is 288 g/mol. The molecule has 2 saturated carbocycles. The van der Waals surface area contributed by atoms with Crippen LogP contribution in [-0.4, -0.2) is 11.7 Å². The Bertz CT molecular complexity index is 458. The number of hydrogen-bond donors (Lipinski definition) is 1. The monoisotopic (exact) mass is 288 g/mol. The Morgan fingerprint density at radius 1 is 1.19 bits per heavy atom. The SMILES string of the molecule is C=CC1=C(CO)C2CCC3C(C)(C)CCCC3(C)C2CC1. The molecule has 0 heterocycles. The molecular formula is C20H32O. The van der Waals surface area contributed by atoms with Gasteiger partial charge in [0.15, 0.2) is 0 Å². The molecule has 2 fully saturated rings. The van der Waals surface area contributed by atoms with E-state index < -0.39 is 0 Å². The van der Waals surface area contributed by atoms with Gasteiger partial charge in [-0.25, -0.2) is 0 Å². The van der Waals surface area contributed by atoms with Gasteiger partial charge in [0.1, 0.15) is 0 Å². The van der Waals surface area contributed by atoms with Crippen LogP contribution >= 0.6 is 0 Å². The van der Waals surface area contributed by atoms with E-state index in [9.17, 15) is 5.11 Å². The van der Waals surface area contributed by atoms with E-state index in [1.54, 1.807) is 0 Å². The fourth-order valence-electron chi connectivity index (χ4n) is 6.45. The van der Waals surface area contributed by atoms with E-state index in [-0.39, 0.29) is 6.61 Å². The molecule has 21 heavy (non-hydrogen) atoms. The molecule has 0 aromatic rings. The minimum Gasteiger partial charge on any atom is -0.392 e. The molecule has 0 amide bonds. The van der Waals surface area contributed by atoms with E-state index in [4.69, 9.17) is 0 Å². The molecule has 0 radical (unpaired) electrons. The summed E-state index contributed by atoms with van der Waals surface area (Å²) < 4.78 is 0. The van der Waals surface area contributed by atoms with Crippen molar-refractivity contribution in [2.45, 2.75) is 65.7 Å². The standard InChI is InChI=1S/C20H32O/c1-5-14-7-9-17-15(16(14)13-21)8-10-18-19(2,3)11-6-12-20(17,18)4/h5,15,17-18,21H,1,6-13H2,2-4H3. The quantitative estimate of drug-likeness (QED) is 0.748. The van der Waals surface area contributed by atoms with E-state index >= 15 is 0 Å². The van der Waals surface area contributed by atoms with Gasteiger partial charge in [-0.05, 0) is 78.3 Å². The largest absolute Gasteiger partial charge is 0.392 e. The number of hydrogen-bond acceptors (Lipinski definition) is 1. The fraction of sp³-hybridized carbons (Fsp3) is 0.800. The third-order valence-electron chi connectivity index (χ3n) is 7.38. The molecule has 0 aliphatic heterocycles. The van der Waals surface area contributed by atoms with E-state index in [0.29, 0.717) is 16.7 Å². The van der Waals surface area contributed by atoms with Crippen LogP contribution in [0.4, 0.5) is 0 Å². The Hall–Kier alpha value is -0.560. The molecule has 3 aliphatic carbocycles. The second-order valence-corrected chi connectivity index (χ2v) is 8.64. The summed E-state index contributed by atoms with van der Waals surface area (Å²) in [5.74, 6) is 2.26. The minimum atomic E-state index is 0.243. The van der Waals surface area contributed by atoms with Gasteiger partial charge in [-0.1, -0.05) is 39.8 Å². The lowest BCUT2D eigenvalue weighted by atomic mass is 9.44. The highest BCUT2D eigenvalue weighted by molar-refractivity contribution is 5.31. The maximum Gasteiger partial charge on any atom is 0.0650 e. The second kappa shape index (κ2) is 5.26. The Balaban J connectivity index is 1.97. The highest BCUT2D eigenvalue weighted by atomic mass is 16.3. The summed E-state index contributed by atoms with van der Waals surface area (Å²) in [6, 6.07) is 0. The van der Waals surface area contributed by atoms with E-state index in [0.717, 1.165) is 18.3 Å². The van der Waals surface area contributed by atoms with Gasteiger partial charge < -0.3 is 5.11 Å². The van der Waals surface area contributed by atoms with Crippen molar-refractivity contribution in [3.05, 3.63) is 23.8 Å². The first-order chi connectivity index (χ1) is 9.94. The highest BCUT2D eigenvalue weighted by Crippen LogP contribution is 2.64. The first kappa shape index (κ1) is 15.3. The van der Waals surface area contributed by atoms with Gasteiger partial charge in [0.05, 0.1) is 6.61 Å². The zero-order valence-electron chi connectivity index (χ0n) is 14.1. The minimum absolute atomic E-state index is 0.243. The van der Waals surface area contributed by atoms with Gasteiger partial charge in [0, 0.05) is 0 Å². The van der Waals surface area contributed by atoms with Gasteiger partial charge in [-0.3, -0.25) is 0 Å². The predicted octanol–water partition coefficient (Wildman–Crippen LogP) is 5.11. The lowest BCUT2D eigenvalue weighted by molar-refractivity contribution is -0.0960. The Morgan fingerprint density at radius 2 is 1.95 bits per heavy atom. The van der Waals surface area contributed by atoms with Crippen molar-refractivity contribution in [3.8, 4) is 0 Å². The van der Waals surface area contributed by atoms with Crippen LogP contribution in [0.3, 0.4) is 0 Å². The van der Waals surface area contributed by atoms with Crippen molar-refractivity contribution >= 4 is 0 Å². The molecule has 118 valence electrons. The molecular weight excluding hydrogens is 256 g/mol. The molecule has 4 atom stereocenters. The summed E-state index contributed by atoms with van der Waals surface area (Å²) in [5.41, 5.74) is 3.65. The third-order valence-corrected chi connectivity index (χ3v) is 7.38. The highest BCUT2D eigenvalue weighted by Gasteiger charge is 2.55. The lowest BCUT2D eigenvalue weighted by Gasteiger charge is -2.61. The molecule has 1 heteroatoms. The molecule has 0 aromatic heterocycles. The van der Waals surface area contributed by atoms with Crippen molar-refractivity contribution in [1.29, 1.82) is 0 Å². The van der Waals surface area contributed by atoms with E-state index in [2.05, 4.69) is 27.4 Å². The number of aliphatic hydroxyl groups excluding tert-OH is 1. The molecule has 0 saturated heterocycles. The average Bonchev–Trinajstić information content (AvgIpc) is 2.45. The van der Waals surface area contributed by atoms with Crippen molar-refractivity contribution in [2.24, 2.45) is 28.6 Å². The Kier molecular flexibility index (Phi) is 3.84. The zero-order chi connectivity index (χ0) is 15.3. The smallest absolute Gasteiger partial charge is 0.0650 e. The van der Waals surface area contributed by atoms with Crippen LogP contribution in [0.1, 0.15) is 65.7 Å². The molecule has 3 aliphatic rings. The second-order valence-electron chi connectivity index (χ2n) is 8.64. The van der Waals surface area contributed by atoms with Crippen LogP contribution in [0.25, 0.3) is 0 Å². The molecule has 1 N–H and O–H groups in total. The summed E-state index contributed by atoms with van der Waals surface area (Å²) in [6.07, 6.45) is 11.2. The van der Waals surface area contributed by atoms with Gasteiger partial charge >= 0.3 is 0 Å². The first-order valence-corrected chi connectivity index (χ1v) is 8.89. The van der Waals surface area contributed by atoms with Crippen molar-refractivity contribution in [3.63, 3.8) is 0 Å². The van der Waals surface area contributed by atoms with Crippen LogP contribution < -0.4 is 0 Å². The van der Waals surface area contributed by atoms with Crippen LogP contribution in [0.2, 0.25) is 0 Å². The van der Waals surface area contributed by atoms with Crippen molar-refractivity contribution in [1.82, 2.24) is 0 Å². The van der Waals surface area contributed by atoms with Gasteiger partial charge in [0.25, 0.3) is 0 Å². The van der Waals surface area contributed by atoms with E-state index in [1.807, 2.05) is 6.08 Å². The Labute approximate surface area is 130 Å². The van der Waals surface area contributed by atoms with E-state index in [1.165, 1.54) is 49.7 Å². The fourth-order valence-corrected chi connectivity index (χ4v) is 6.45. The van der Waals surface area contributed by atoms with Crippen molar-refractivity contribution < 1.29 is 5.11 Å². The summed E-state index contributed by atoms with van der Waals surface area (Å²) in [6.45, 7) is 11.8. The molecule has 4 unspecified atom stereocenters. The normalized spacial score (nSPS) is 42.2. The molecule has 1 nitrogen and oxygen atoms in total. The van der Waals surface area contributed by atoms with Gasteiger partial charge in [0.2, 0.25) is 0 Å². The summed E-state index contributed by atoms with van der Waals surface area (Å²) in [7, 11) is 0. The Morgan fingerprint density at radius 3 is 2.62 bits per heavy atom. The summed E-state index contributed by atoms with van der Waals surface area (Å²) in [4.78, 5) is 0. The van der Waals surface area contributed by atoms with Crippen LogP contribution in [0.15, 0.2) is 23.8 Å². The number of fused-ring (bicyclic) bond motifs is 3.